The Morgan fingerprint density at radius 1 is 1.29 bits per heavy atom. The van der Waals surface area contributed by atoms with Gasteiger partial charge in [0.05, 0.1) is 12.5 Å². The van der Waals surface area contributed by atoms with E-state index in [1.165, 1.54) is 12.0 Å². The molecule has 0 aliphatic carbocycles. The van der Waals surface area contributed by atoms with Crippen molar-refractivity contribution >= 4 is 11.9 Å². The first-order chi connectivity index (χ1) is 8.01. The highest BCUT2D eigenvalue weighted by molar-refractivity contribution is 5.76. The predicted octanol–water partition coefficient (Wildman–Crippen LogP) is -1.26. The molecule has 0 radical (unpaired) electrons. The van der Waals surface area contributed by atoms with Crippen molar-refractivity contribution < 1.29 is 14.3 Å². The lowest BCUT2D eigenvalue weighted by Gasteiger charge is -2.14. The second kappa shape index (κ2) is 8.77. The van der Waals surface area contributed by atoms with Crippen LogP contribution < -0.4 is 16.4 Å². The summed E-state index contributed by atoms with van der Waals surface area (Å²) in [5.74, 6) is -0.138. The molecular formula is C10H22N4O3. The van der Waals surface area contributed by atoms with Gasteiger partial charge in [0.2, 0.25) is 5.91 Å². The van der Waals surface area contributed by atoms with Crippen molar-refractivity contribution in [1.82, 2.24) is 15.5 Å². The van der Waals surface area contributed by atoms with Crippen molar-refractivity contribution in [2.75, 3.05) is 40.8 Å². The van der Waals surface area contributed by atoms with Crippen molar-refractivity contribution in [3.05, 3.63) is 0 Å². The van der Waals surface area contributed by atoms with E-state index in [0.29, 0.717) is 19.6 Å². The maximum Gasteiger partial charge on any atom is 0.316 e. The molecule has 100 valence electrons. The fourth-order valence-corrected chi connectivity index (χ4v) is 1.07. The van der Waals surface area contributed by atoms with Crippen molar-refractivity contribution in [3.8, 4) is 0 Å². The molecule has 3 amide bonds. The van der Waals surface area contributed by atoms with Crippen LogP contribution in [-0.4, -0.2) is 63.8 Å². The highest BCUT2D eigenvalue weighted by Gasteiger charge is 2.10. The first-order valence-electron chi connectivity index (χ1n) is 5.46. The van der Waals surface area contributed by atoms with E-state index in [1.54, 1.807) is 14.1 Å². The van der Waals surface area contributed by atoms with Crippen LogP contribution in [0.25, 0.3) is 0 Å². The molecule has 7 nitrogen and oxygen atoms in total. The van der Waals surface area contributed by atoms with Crippen LogP contribution in [0.4, 0.5) is 4.79 Å². The maximum atomic E-state index is 11.4. The SMILES string of the molecule is COC(CN)CC(=O)NCCNC(=O)N(C)C. The number of rotatable bonds is 7. The van der Waals surface area contributed by atoms with Crippen LogP contribution in [0.5, 0.6) is 0 Å². The third kappa shape index (κ3) is 7.53. The van der Waals surface area contributed by atoms with Crippen molar-refractivity contribution in [1.29, 1.82) is 0 Å². The lowest BCUT2D eigenvalue weighted by Crippen LogP contribution is -2.40. The van der Waals surface area contributed by atoms with E-state index >= 15 is 0 Å². The number of methoxy groups -OCH3 is 1. The summed E-state index contributed by atoms with van der Waals surface area (Å²) in [5, 5.41) is 5.30. The summed E-state index contributed by atoms with van der Waals surface area (Å²) in [5.41, 5.74) is 5.39. The Kier molecular flexibility index (Phi) is 8.08. The van der Waals surface area contributed by atoms with Crippen LogP contribution in [-0.2, 0) is 9.53 Å². The summed E-state index contributed by atoms with van der Waals surface area (Å²) in [6.45, 7) is 1.09. The molecule has 0 aliphatic heterocycles. The van der Waals surface area contributed by atoms with Gasteiger partial charge in [-0.1, -0.05) is 0 Å². The van der Waals surface area contributed by atoms with E-state index in [-0.39, 0.29) is 24.5 Å². The molecule has 0 fully saturated rings. The lowest BCUT2D eigenvalue weighted by atomic mass is 10.2. The Labute approximate surface area is 102 Å². The van der Waals surface area contributed by atoms with Gasteiger partial charge in [0.15, 0.2) is 0 Å². The molecular weight excluding hydrogens is 224 g/mol. The molecule has 4 N–H and O–H groups in total. The summed E-state index contributed by atoms with van der Waals surface area (Å²) >= 11 is 0. The third-order valence-electron chi connectivity index (χ3n) is 2.14. The van der Waals surface area contributed by atoms with Crippen LogP contribution in [0.15, 0.2) is 0 Å². The van der Waals surface area contributed by atoms with E-state index in [9.17, 15) is 9.59 Å². The minimum Gasteiger partial charge on any atom is -0.380 e. The van der Waals surface area contributed by atoms with E-state index in [4.69, 9.17) is 10.5 Å². The van der Waals surface area contributed by atoms with Crippen LogP contribution in [0.3, 0.4) is 0 Å². The molecule has 7 heteroatoms. The molecule has 0 aromatic heterocycles. The monoisotopic (exact) mass is 246 g/mol. The summed E-state index contributed by atoms with van der Waals surface area (Å²) in [7, 11) is 4.82. The van der Waals surface area contributed by atoms with Crippen molar-refractivity contribution in [3.63, 3.8) is 0 Å². The molecule has 0 aromatic rings. The van der Waals surface area contributed by atoms with Gasteiger partial charge in [0.1, 0.15) is 0 Å². The minimum absolute atomic E-state index is 0.138. The summed E-state index contributed by atoms with van der Waals surface area (Å²) in [6.07, 6.45) is -0.0272. The van der Waals surface area contributed by atoms with Gasteiger partial charge in [-0.2, -0.15) is 0 Å². The number of hydrogen-bond acceptors (Lipinski definition) is 4. The van der Waals surface area contributed by atoms with Gasteiger partial charge in [-0.05, 0) is 0 Å². The summed E-state index contributed by atoms with van der Waals surface area (Å²) in [6, 6.07) is -0.184. The predicted molar refractivity (Wildman–Crippen MR) is 64.6 cm³/mol. The normalized spacial score (nSPS) is 11.8. The van der Waals surface area contributed by atoms with E-state index in [0.717, 1.165) is 0 Å². The maximum absolute atomic E-state index is 11.4. The largest absolute Gasteiger partial charge is 0.380 e. The van der Waals surface area contributed by atoms with Crippen molar-refractivity contribution in [2.45, 2.75) is 12.5 Å². The highest BCUT2D eigenvalue weighted by Crippen LogP contribution is 1.93. The standard InChI is InChI=1S/C10H22N4O3/c1-14(2)10(16)13-5-4-12-9(15)6-8(7-11)17-3/h8H,4-7,11H2,1-3H3,(H,12,15)(H,13,16). The number of carbonyl (C=O) groups is 2. The molecule has 1 unspecified atom stereocenters. The van der Waals surface area contributed by atoms with Crippen LogP contribution in [0, 0.1) is 0 Å². The molecule has 1 atom stereocenters. The Morgan fingerprint density at radius 3 is 2.35 bits per heavy atom. The van der Waals surface area contributed by atoms with Gasteiger partial charge in [0, 0.05) is 40.8 Å². The number of urea groups is 1. The van der Waals surface area contributed by atoms with E-state index < -0.39 is 0 Å². The Balaban J connectivity index is 3.61. The van der Waals surface area contributed by atoms with Crippen LogP contribution in [0.1, 0.15) is 6.42 Å². The number of nitrogens with zero attached hydrogens (tertiary/aromatic N) is 1. The average Bonchev–Trinajstić information content (AvgIpc) is 2.31. The summed E-state index contributed by atoms with van der Waals surface area (Å²) in [4.78, 5) is 23.9. The van der Waals surface area contributed by atoms with Gasteiger partial charge < -0.3 is 26.0 Å². The number of nitrogens with two attached hydrogens (primary N) is 1. The Morgan fingerprint density at radius 2 is 1.88 bits per heavy atom. The summed E-state index contributed by atoms with van der Waals surface area (Å²) < 4.78 is 4.98. The number of hydrogen-bond donors (Lipinski definition) is 3. The number of amides is 3. The molecule has 0 rings (SSSR count). The number of ether oxygens (including phenoxy) is 1. The smallest absolute Gasteiger partial charge is 0.316 e. The zero-order valence-corrected chi connectivity index (χ0v) is 10.7. The van der Waals surface area contributed by atoms with Crippen LogP contribution >= 0.6 is 0 Å². The fraction of sp³-hybridized carbons (Fsp3) is 0.800. The van der Waals surface area contributed by atoms with Gasteiger partial charge in [0.25, 0.3) is 0 Å². The molecule has 0 heterocycles. The third-order valence-corrected chi connectivity index (χ3v) is 2.14. The molecule has 0 bridgehead atoms. The molecule has 0 aliphatic rings. The van der Waals surface area contributed by atoms with Gasteiger partial charge >= 0.3 is 6.03 Å². The quantitative estimate of drug-likeness (QED) is 0.488. The molecule has 0 aromatic carbocycles. The average molecular weight is 246 g/mol. The van der Waals surface area contributed by atoms with Gasteiger partial charge in [-0.25, -0.2) is 4.79 Å². The molecule has 0 saturated heterocycles. The zero-order chi connectivity index (χ0) is 13.3. The van der Waals surface area contributed by atoms with Gasteiger partial charge in [-0.3, -0.25) is 4.79 Å². The van der Waals surface area contributed by atoms with Crippen molar-refractivity contribution in [2.24, 2.45) is 5.73 Å². The molecule has 17 heavy (non-hydrogen) atoms. The highest BCUT2D eigenvalue weighted by atomic mass is 16.5. The minimum atomic E-state index is -0.258. The second-order valence-electron chi connectivity index (χ2n) is 3.77. The molecule has 0 saturated carbocycles. The number of carbonyl (C=O) groups excluding carboxylic acids is 2. The first-order valence-corrected chi connectivity index (χ1v) is 5.46. The van der Waals surface area contributed by atoms with Crippen LogP contribution in [0.2, 0.25) is 0 Å². The molecule has 0 spiro atoms. The fourth-order valence-electron chi connectivity index (χ4n) is 1.07. The van der Waals surface area contributed by atoms with E-state index in [1.807, 2.05) is 0 Å². The number of nitrogens with one attached hydrogen (secondary N) is 2. The van der Waals surface area contributed by atoms with E-state index in [2.05, 4.69) is 10.6 Å². The Hall–Kier alpha value is -1.34. The lowest BCUT2D eigenvalue weighted by molar-refractivity contribution is -0.123. The topological polar surface area (TPSA) is 96.7 Å². The zero-order valence-electron chi connectivity index (χ0n) is 10.7. The Bertz CT molecular complexity index is 242. The van der Waals surface area contributed by atoms with Gasteiger partial charge in [-0.15, -0.1) is 0 Å². The first kappa shape index (κ1) is 15.7. The second-order valence-corrected chi connectivity index (χ2v) is 3.77.